The number of aliphatic hydroxyl groups is 1. The first kappa shape index (κ1) is 20.0. The maximum absolute atomic E-state index is 13.0. The van der Waals surface area contributed by atoms with Crippen molar-refractivity contribution in [3.05, 3.63) is 16.5 Å². The van der Waals surface area contributed by atoms with Gasteiger partial charge in [0.05, 0.1) is 17.8 Å². The van der Waals surface area contributed by atoms with E-state index in [1.54, 1.807) is 0 Å². The second-order valence-electron chi connectivity index (χ2n) is 5.05. The summed E-state index contributed by atoms with van der Waals surface area (Å²) in [5.41, 5.74) is -0.930. The smallest absolute Gasteiger partial charge is 0.426 e. The van der Waals surface area contributed by atoms with Gasteiger partial charge < -0.3 is 20.0 Å². The third-order valence-electron chi connectivity index (χ3n) is 3.21. The quantitative estimate of drug-likeness (QED) is 0.754. The number of nitrogens with zero attached hydrogens (tertiary/aromatic N) is 3. The maximum Gasteiger partial charge on any atom is 0.426 e. The van der Waals surface area contributed by atoms with Crippen molar-refractivity contribution in [3.63, 3.8) is 0 Å². The largest absolute Gasteiger partial charge is 0.481 e. The van der Waals surface area contributed by atoms with Crippen molar-refractivity contribution in [3.8, 4) is 17.5 Å². The molecular weight excluding hydrogens is 398 g/mol. The molecule has 0 fully saturated rings. The van der Waals surface area contributed by atoms with E-state index in [2.05, 4.69) is 19.9 Å². The Labute approximate surface area is 145 Å². The van der Waals surface area contributed by atoms with E-state index in [1.165, 1.54) is 0 Å². The molecule has 2 aromatic heterocycles. The van der Waals surface area contributed by atoms with Crippen LogP contribution in [0, 0.1) is 0 Å². The Morgan fingerprint density at radius 2 is 1.73 bits per heavy atom. The van der Waals surface area contributed by atoms with Crippen LogP contribution in [0.3, 0.4) is 0 Å². The molecule has 0 radical (unpaired) electrons. The van der Waals surface area contributed by atoms with Gasteiger partial charge in [-0.3, -0.25) is 0 Å². The standard InChI is InChI=1S/C12H9ClF6N4O3/c1-10(24,12(17,18)19)9-23-22-8(26-9)6-5(20)4(13)3(11(14,15)16)7(21-6)25-2/h24H,20H2,1-2H3/t10-/m0/s1. The number of nitrogen functional groups attached to an aromatic ring is 1. The lowest BCUT2D eigenvalue weighted by Crippen LogP contribution is -2.39. The van der Waals surface area contributed by atoms with E-state index in [9.17, 15) is 31.4 Å². The van der Waals surface area contributed by atoms with E-state index in [4.69, 9.17) is 21.8 Å². The summed E-state index contributed by atoms with van der Waals surface area (Å²) in [7, 11) is 0.863. The summed E-state index contributed by atoms with van der Waals surface area (Å²) in [6, 6.07) is 0. The molecule has 0 unspecified atom stereocenters. The fraction of sp³-hybridized carbons (Fsp3) is 0.417. The van der Waals surface area contributed by atoms with E-state index in [0.717, 1.165) is 7.11 Å². The number of pyridine rings is 1. The number of hydrogen-bond acceptors (Lipinski definition) is 7. The molecule has 0 bridgehead atoms. The van der Waals surface area contributed by atoms with Gasteiger partial charge in [-0.15, -0.1) is 10.2 Å². The molecule has 2 aromatic rings. The Bertz CT molecular complexity index is 834. The van der Waals surface area contributed by atoms with Gasteiger partial charge in [-0.25, -0.2) is 4.98 Å². The molecule has 14 heteroatoms. The highest BCUT2D eigenvalue weighted by Gasteiger charge is 2.55. The minimum Gasteiger partial charge on any atom is -0.481 e. The van der Waals surface area contributed by atoms with Crippen molar-refractivity contribution in [1.82, 2.24) is 15.2 Å². The molecule has 0 aromatic carbocycles. The number of rotatable bonds is 3. The number of halogens is 7. The van der Waals surface area contributed by atoms with Crippen molar-refractivity contribution in [1.29, 1.82) is 0 Å². The zero-order chi connectivity index (χ0) is 20.1. The van der Waals surface area contributed by atoms with Crippen LogP contribution in [0.5, 0.6) is 5.88 Å². The molecule has 26 heavy (non-hydrogen) atoms. The van der Waals surface area contributed by atoms with Crippen LogP contribution in [0.1, 0.15) is 18.4 Å². The van der Waals surface area contributed by atoms with Crippen molar-refractivity contribution in [2.75, 3.05) is 12.8 Å². The molecule has 7 nitrogen and oxygen atoms in total. The molecule has 2 heterocycles. The summed E-state index contributed by atoms with van der Waals surface area (Å²) in [6.07, 6.45) is -10.1. The van der Waals surface area contributed by atoms with Crippen LogP contribution in [0.25, 0.3) is 11.6 Å². The van der Waals surface area contributed by atoms with Crippen molar-refractivity contribution in [2.45, 2.75) is 24.9 Å². The number of anilines is 1. The van der Waals surface area contributed by atoms with Gasteiger partial charge in [0.25, 0.3) is 11.8 Å². The van der Waals surface area contributed by atoms with E-state index < -0.39 is 57.6 Å². The number of alkyl halides is 6. The lowest BCUT2D eigenvalue weighted by atomic mass is 10.1. The Morgan fingerprint density at radius 3 is 2.19 bits per heavy atom. The van der Waals surface area contributed by atoms with E-state index >= 15 is 0 Å². The molecule has 0 aliphatic carbocycles. The van der Waals surface area contributed by atoms with Gasteiger partial charge in [-0.2, -0.15) is 26.3 Å². The van der Waals surface area contributed by atoms with Gasteiger partial charge in [0.2, 0.25) is 11.5 Å². The Morgan fingerprint density at radius 1 is 1.15 bits per heavy atom. The Hall–Kier alpha value is -2.28. The van der Waals surface area contributed by atoms with Crippen molar-refractivity contribution < 1.29 is 40.6 Å². The summed E-state index contributed by atoms with van der Waals surface area (Å²) >= 11 is 5.60. The topological polar surface area (TPSA) is 107 Å². The Balaban J connectivity index is 2.64. The summed E-state index contributed by atoms with van der Waals surface area (Å²) in [6.45, 7) is 0.349. The lowest BCUT2D eigenvalue weighted by Gasteiger charge is -2.21. The van der Waals surface area contributed by atoms with Crippen LogP contribution in [0.2, 0.25) is 5.02 Å². The molecular formula is C12H9ClF6N4O3. The van der Waals surface area contributed by atoms with Gasteiger partial charge in [0.15, 0.2) is 5.69 Å². The van der Waals surface area contributed by atoms with Crippen molar-refractivity contribution in [2.24, 2.45) is 0 Å². The summed E-state index contributed by atoms with van der Waals surface area (Å²) in [5, 5.41) is 14.7. The second kappa shape index (κ2) is 6.16. The van der Waals surface area contributed by atoms with E-state index in [1.807, 2.05) is 0 Å². The van der Waals surface area contributed by atoms with Crippen LogP contribution >= 0.6 is 11.6 Å². The SMILES string of the molecule is COc1nc(-c2nnc([C@](C)(O)C(F)(F)F)o2)c(N)c(Cl)c1C(F)(F)F. The zero-order valence-corrected chi connectivity index (χ0v) is 13.6. The number of nitrogens with two attached hydrogens (primary N) is 1. The highest BCUT2D eigenvalue weighted by atomic mass is 35.5. The van der Waals surface area contributed by atoms with Crippen LogP contribution in [-0.4, -0.2) is 33.6 Å². The van der Waals surface area contributed by atoms with Crippen LogP contribution in [-0.2, 0) is 11.8 Å². The van der Waals surface area contributed by atoms with Crippen molar-refractivity contribution >= 4 is 17.3 Å². The van der Waals surface area contributed by atoms with Gasteiger partial charge in [-0.1, -0.05) is 11.6 Å². The lowest BCUT2D eigenvalue weighted by molar-refractivity contribution is -0.266. The molecule has 144 valence electrons. The first-order valence-electron chi connectivity index (χ1n) is 6.45. The number of hydrogen-bond donors (Lipinski definition) is 2. The van der Waals surface area contributed by atoms with Gasteiger partial charge in [0, 0.05) is 0 Å². The van der Waals surface area contributed by atoms with Crippen LogP contribution < -0.4 is 10.5 Å². The molecule has 0 amide bonds. The van der Waals surface area contributed by atoms with Crippen LogP contribution in [0.15, 0.2) is 4.42 Å². The molecule has 0 spiro atoms. The normalized spacial score (nSPS) is 15.0. The molecule has 2 rings (SSSR count). The molecule has 0 aliphatic heterocycles. The van der Waals surface area contributed by atoms with Gasteiger partial charge >= 0.3 is 12.4 Å². The summed E-state index contributed by atoms with van der Waals surface area (Å²) in [4.78, 5) is 3.44. The predicted molar refractivity (Wildman–Crippen MR) is 74.1 cm³/mol. The third kappa shape index (κ3) is 3.23. The minimum absolute atomic E-state index is 0.349. The molecule has 0 aliphatic rings. The maximum atomic E-state index is 13.0. The number of ether oxygens (including phenoxy) is 1. The predicted octanol–water partition coefficient (Wildman–Crippen LogP) is 3.16. The monoisotopic (exact) mass is 406 g/mol. The first-order valence-corrected chi connectivity index (χ1v) is 6.83. The third-order valence-corrected chi connectivity index (χ3v) is 3.60. The Kier molecular flexibility index (Phi) is 4.75. The number of aromatic nitrogens is 3. The average Bonchev–Trinajstić information content (AvgIpc) is 2.97. The molecule has 0 saturated carbocycles. The highest BCUT2D eigenvalue weighted by Crippen LogP contribution is 2.46. The summed E-state index contributed by atoms with van der Waals surface area (Å²) < 4.78 is 86.7. The van der Waals surface area contributed by atoms with Gasteiger partial charge in [0.1, 0.15) is 5.56 Å². The second-order valence-corrected chi connectivity index (χ2v) is 5.43. The van der Waals surface area contributed by atoms with Gasteiger partial charge in [-0.05, 0) is 6.92 Å². The number of methoxy groups -OCH3 is 1. The molecule has 3 N–H and O–H groups in total. The fourth-order valence-electron chi connectivity index (χ4n) is 1.74. The minimum atomic E-state index is -5.16. The zero-order valence-electron chi connectivity index (χ0n) is 12.8. The fourth-order valence-corrected chi connectivity index (χ4v) is 2.02. The van der Waals surface area contributed by atoms with E-state index in [-0.39, 0.29) is 0 Å². The average molecular weight is 407 g/mol. The highest BCUT2D eigenvalue weighted by molar-refractivity contribution is 6.34. The van der Waals surface area contributed by atoms with Crippen LogP contribution in [0.4, 0.5) is 32.0 Å². The van der Waals surface area contributed by atoms with E-state index in [0.29, 0.717) is 6.92 Å². The molecule has 1 atom stereocenters. The first-order chi connectivity index (χ1) is 11.7. The summed E-state index contributed by atoms with van der Waals surface area (Å²) in [5.74, 6) is -3.07. The molecule has 0 saturated heterocycles.